The highest BCUT2D eigenvalue weighted by atomic mass is 28.4. The van der Waals surface area contributed by atoms with E-state index in [0.29, 0.717) is 18.1 Å². The summed E-state index contributed by atoms with van der Waals surface area (Å²) < 4.78 is 13.2. The lowest BCUT2D eigenvalue weighted by atomic mass is 10.8. The molecular formula is C7H13FSi. The second-order valence-electron chi connectivity index (χ2n) is 2.24. The maximum Gasteiger partial charge on any atom is 0.258 e. The molecule has 0 fully saturated rings. The van der Waals surface area contributed by atoms with Crippen molar-refractivity contribution in [1.82, 2.24) is 0 Å². The Bertz CT molecular complexity index is 111. The largest absolute Gasteiger partial charge is 0.313 e. The molecule has 0 spiro atoms. The van der Waals surface area contributed by atoms with Crippen LogP contribution in [-0.4, -0.2) is 8.41 Å². The molecule has 2 heteroatoms. The van der Waals surface area contributed by atoms with Gasteiger partial charge in [0.2, 0.25) is 0 Å². The molecule has 0 amide bonds. The molecule has 0 nitrogen and oxygen atoms in total. The van der Waals surface area contributed by atoms with Gasteiger partial charge in [-0.3, -0.25) is 0 Å². The van der Waals surface area contributed by atoms with Crippen molar-refractivity contribution in [3.05, 3.63) is 0 Å². The molecule has 52 valence electrons. The Labute approximate surface area is 57.6 Å². The third kappa shape index (κ3) is 2.66. The van der Waals surface area contributed by atoms with Crippen LogP contribution >= 0.6 is 0 Å². The predicted molar refractivity (Wildman–Crippen MR) is 41.5 cm³/mol. The Kier molecular flexibility index (Phi) is 3.56. The summed E-state index contributed by atoms with van der Waals surface area (Å²) in [7, 11) is -2.43. The Morgan fingerprint density at radius 2 is 1.89 bits per heavy atom. The van der Waals surface area contributed by atoms with Gasteiger partial charge in [-0.25, -0.2) is 0 Å². The van der Waals surface area contributed by atoms with Crippen LogP contribution in [0.5, 0.6) is 0 Å². The molecular weight excluding hydrogens is 131 g/mol. The Hall–Kier alpha value is -0.293. The molecule has 0 heterocycles. The quantitative estimate of drug-likeness (QED) is 0.324. The van der Waals surface area contributed by atoms with Crippen LogP contribution in [0.4, 0.5) is 4.11 Å². The Morgan fingerprint density at radius 1 is 1.44 bits per heavy atom. The number of terminal acetylenes is 1. The van der Waals surface area contributed by atoms with Crippen molar-refractivity contribution >= 4 is 8.41 Å². The van der Waals surface area contributed by atoms with Gasteiger partial charge in [0.05, 0.1) is 0 Å². The van der Waals surface area contributed by atoms with Crippen molar-refractivity contribution in [2.75, 3.05) is 0 Å². The van der Waals surface area contributed by atoms with Crippen molar-refractivity contribution in [2.45, 2.75) is 32.0 Å². The molecule has 0 atom stereocenters. The highest BCUT2D eigenvalue weighted by molar-refractivity contribution is 6.73. The number of halogens is 1. The van der Waals surface area contributed by atoms with E-state index in [1.54, 1.807) is 0 Å². The second-order valence-corrected chi connectivity index (χ2v) is 6.31. The van der Waals surface area contributed by atoms with Crippen molar-refractivity contribution in [2.24, 2.45) is 0 Å². The van der Waals surface area contributed by atoms with Gasteiger partial charge < -0.3 is 4.11 Å². The molecule has 0 rings (SSSR count). The van der Waals surface area contributed by atoms with Crippen molar-refractivity contribution in [3.63, 3.8) is 0 Å². The fourth-order valence-corrected chi connectivity index (χ4v) is 2.05. The summed E-state index contributed by atoms with van der Waals surface area (Å²) in [6.45, 7) is 3.76. The summed E-state index contributed by atoms with van der Waals surface area (Å²) in [5.41, 5.74) is 0. The molecule has 0 aromatic heterocycles. The summed E-state index contributed by atoms with van der Waals surface area (Å²) in [4.78, 5) is 0. The standard InChI is InChI=1S/C7H13FSi/c1-4-7-9(8,5-2)6-3/h1H,5-7H2,2-3H3. The van der Waals surface area contributed by atoms with Crippen LogP contribution in [0.15, 0.2) is 0 Å². The van der Waals surface area contributed by atoms with Gasteiger partial charge in [-0.05, 0) is 12.1 Å². The van der Waals surface area contributed by atoms with Gasteiger partial charge in [0.25, 0.3) is 8.41 Å². The molecule has 0 aliphatic rings. The predicted octanol–water partition coefficient (Wildman–Crippen LogP) is 2.57. The normalized spacial score (nSPS) is 10.9. The minimum Gasteiger partial charge on any atom is -0.313 e. The van der Waals surface area contributed by atoms with E-state index in [1.165, 1.54) is 0 Å². The molecule has 0 saturated heterocycles. The van der Waals surface area contributed by atoms with E-state index < -0.39 is 8.41 Å². The van der Waals surface area contributed by atoms with Crippen molar-refractivity contribution in [1.29, 1.82) is 0 Å². The average molecular weight is 144 g/mol. The van der Waals surface area contributed by atoms with Gasteiger partial charge >= 0.3 is 0 Å². The summed E-state index contributed by atoms with van der Waals surface area (Å²) in [6.07, 6.45) is 5.01. The van der Waals surface area contributed by atoms with E-state index >= 15 is 0 Å². The monoisotopic (exact) mass is 144 g/mol. The van der Waals surface area contributed by atoms with E-state index in [9.17, 15) is 4.11 Å². The van der Waals surface area contributed by atoms with E-state index in [-0.39, 0.29) is 0 Å². The summed E-state index contributed by atoms with van der Waals surface area (Å²) >= 11 is 0. The molecule has 0 bridgehead atoms. The highest BCUT2D eigenvalue weighted by Crippen LogP contribution is 2.20. The van der Waals surface area contributed by atoms with Crippen molar-refractivity contribution in [3.8, 4) is 12.3 Å². The van der Waals surface area contributed by atoms with Crippen LogP contribution in [0.1, 0.15) is 13.8 Å². The SMILES string of the molecule is C#CC[Si](F)(CC)CC. The first-order valence-corrected chi connectivity index (χ1v) is 5.81. The first-order chi connectivity index (χ1) is 4.18. The van der Waals surface area contributed by atoms with Crippen LogP contribution in [0, 0.1) is 12.3 Å². The van der Waals surface area contributed by atoms with Gasteiger partial charge in [0.1, 0.15) is 0 Å². The Morgan fingerprint density at radius 3 is 2.00 bits per heavy atom. The van der Waals surface area contributed by atoms with E-state index in [1.807, 2.05) is 13.8 Å². The molecule has 9 heavy (non-hydrogen) atoms. The maximum atomic E-state index is 13.2. The lowest BCUT2D eigenvalue weighted by molar-refractivity contribution is 0.763. The van der Waals surface area contributed by atoms with E-state index in [2.05, 4.69) is 5.92 Å². The van der Waals surface area contributed by atoms with Crippen LogP contribution in [0.3, 0.4) is 0 Å². The number of rotatable bonds is 3. The van der Waals surface area contributed by atoms with Gasteiger partial charge in [-0.1, -0.05) is 13.8 Å². The molecule has 0 radical (unpaired) electrons. The zero-order valence-corrected chi connectivity index (χ0v) is 7.08. The molecule has 0 aromatic carbocycles. The zero-order chi connectivity index (χ0) is 7.33. The lowest BCUT2D eigenvalue weighted by Gasteiger charge is -2.13. The second kappa shape index (κ2) is 3.68. The summed E-state index contributed by atoms with van der Waals surface area (Å²) in [5, 5.41) is 0. The topological polar surface area (TPSA) is 0 Å². The Balaban J connectivity index is 3.80. The minimum absolute atomic E-state index is 0.389. The van der Waals surface area contributed by atoms with Crippen LogP contribution < -0.4 is 0 Å². The summed E-state index contributed by atoms with van der Waals surface area (Å²) in [6, 6.07) is 1.71. The zero-order valence-electron chi connectivity index (χ0n) is 6.08. The van der Waals surface area contributed by atoms with Gasteiger partial charge in [0, 0.05) is 6.04 Å². The van der Waals surface area contributed by atoms with Gasteiger partial charge in [-0.15, -0.1) is 12.3 Å². The third-order valence-electron chi connectivity index (χ3n) is 1.69. The van der Waals surface area contributed by atoms with Gasteiger partial charge in [-0.2, -0.15) is 0 Å². The average Bonchev–Trinajstić information content (AvgIpc) is 1.89. The van der Waals surface area contributed by atoms with Crippen LogP contribution in [0.2, 0.25) is 18.1 Å². The highest BCUT2D eigenvalue weighted by Gasteiger charge is 2.27. The molecule has 0 saturated carbocycles. The number of hydrogen-bond donors (Lipinski definition) is 0. The molecule has 0 aliphatic carbocycles. The molecule has 0 N–H and O–H groups in total. The van der Waals surface area contributed by atoms with E-state index in [4.69, 9.17) is 6.42 Å². The first kappa shape index (κ1) is 8.71. The maximum absolute atomic E-state index is 13.2. The molecule has 0 aliphatic heterocycles. The smallest absolute Gasteiger partial charge is 0.258 e. The minimum atomic E-state index is -2.43. The summed E-state index contributed by atoms with van der Waals surface area (Å²) in [5.74, 6) is 2.40. The first-order valence-electron chi connectivity index (χ1n) is 3.31. The van der Waals surface area contributed by atoms with Crippen molar-refractivity contribution < 1.29 is 4.11 Å². The fourth-order valence-electron chi connectivity index (χ4n) is 0.683. The lowest BCUT2D eigenvalue weighted by Crippen LogP contribution is -2.24. The molecule has 0 unspecified atom stereocenters. The van der Waals surface area contributed by atoms with Crippen LogP contribution in [0.25, 0.3) is 0 Å². The third-order valence-corrected chi connectivity index (χ3v) is 5.06. The fraction of sp³-hybridized carbons (Fsp3) is 0.714. The van der Waals surface area contributed by atoms with Crippen LogP contribution in [-0.2, 0) is 0 Å². The number of hydrogen-bond acceptors (Lipinski definition) is 0. The van der Waals surface area contributed by atoms with Gasteiger partial charge in [0.15, 0.2) is 0 Å². The molecule has 0 aromatic rings. The van der Waals surface area contributed by atoms with E-state index in [0.717, 1.165) is 0 Å².